The first-order valence-electron chi connectivity index (χ1n) is 4.82. The van der Waals surface area contributed by atoms with Crippen molar-refractivity contribution in [1.29, 1.82) is 0 Å². The topological polar surface area (TPSA) is 21.3 Å². The number of nitrogens with one attached hydrogen (secondary N) is 1. The molecule has 2 heterocycles. The van der Waals surface area contributed by atoms with Crippen molar-refractivity contribution >= 4 is 0 Å². The first-order valence-corrected chi connectivity index (χ1v) is 4.82. The van der Waals surface area contributed by atoms with Gasteiger partial charge in [0.25, 0.3) is 0 Å². The molecule has 2 atom stereocenters. The van der Waals surface area contributed by atoms with Crippen molar-refractivity contribution < 1.29 is 4.74 Å². The summed E-state index contributed by atoms with van der Waals surface area (Å²) in [6.45, 7) is 2.19. The number of rotatable bonds is 1. The van der Waals surface area contributed by atoms with Crippen LogP contribution >= 0.6 is 0 Å². The molecule has 0 saturated carbocycles. The standard InChI is InChI=1S/C9H17NO/c1-2-6-10-8(4-1)9-5-3-7-11-9/h8-10H,1-7H2/t8-,9+/m1/s1. The largest absolute Gasteiger partial charge is 0.377 e. The van der Waals surface area contributed by atoms with E-state index in [1.54, 1.807) is 0 Å². The van der Waals surface area contributed by atoms with Gasteiger partial charge in [-0.1, -0.05) is 6.42 Å². The smallest absolute Gasteiger partial charge is 0.0728 e. The van der Waals surface area contributed by atoms with Crippen molar-refractivity contribution in [2.75, 3.05) is 13.2 Å². The van der Waals surface area contributed by atoms with Crippen molar-refractivity contribution in [3.8, 4) is 0 Å². The van der Waals surface area contributed by atoms with Gasteiger partial charge in [0.2, 0.25) is 0 Å². The van der Waals surface area contributed by atoms with Crippen LogP contribution in [0.1, 0.15) is 32.1 Å². The van der Waals surface area contributed by atoms with Crippen LogP contribution in [-0.2, 0) is 4.74 Å². The summed E-state index contributed by atoms with van der Waals surface area (Å²) in [5.74, 6) is 0. The Morgan fingerprint density at radius 3 is 2.73 bits per heavy atom. The Balaban J connectivity index is 1.82. The second-order valence-corrected chi connectivity index (χ2v) is 3.61. The van der Waals surface area contributed by atoms with Crippen LogP contribution in [0.5, 0.6) is 0 Å². The zero-order valence-corrected chi connectivity index (χ0v) is 7.01. The molecule has 2 aliphatic rings. The van der Waals surface area contributed by atoms with Gasteiger partial charge in [0.05, 0.1) is 6.10 Å². The van der Waals surface area contributed by atoms with E-state index in [1.807, 2.05) is 0 Å². The van der Waals surface area contributed by atoms with Gasteiger partial charge in [0, 0.05) is 12.6 Å². The molecule has 0 unspecified atom stereocenters. The molecular weight excluding hydrogens is 138 g/mol. The monoisotopic (exact) mass is 155 g/mol. The highest BCUT2D eigenvalue weighted by atomic mass is 16.5. The van der Waals surface area contributed by atoms with Crippen LogP contribution in [-0.4, -0.2) is 25.3 Å². The summed E-state index contributed by atoms with van der Waals surface area (Å²) < 4.78 is 5.63. The van der Waals surface area contributed by atoms with E-state index in [0.29, 0.717) is 12.1 Å². The lowest BCUT2D eigenvalue weighted by molar-refractivity contribution is 0.0695. The number of hydrogen-bond acceptors (Lipinski definition) is 2. The average molecular weight is 155 g/mol. The first kappa shape index (κ1) is 7.56. The van der Waals surface area contributed by atoms with Crippen LogP contribution in [0.15, 0.2) is 0 Å². The third-order valence-corrected chi connectivity index (χ3v) is 2.76. The highest BCUT2D eigenvalue weighted by molar-refractivity contribution is 4.82. The summed E-state index contributed by atoms with van der Waals surface area (Å²) in [5.41, 5.74) is 0. The quantitative estimate of drug-likeness (QED) is 0.616. The maximum atomic E-state index is 5.63. The van der Waals surface area contributed by atoms with Crippen molar-refractivity contribution in [2.45, 2.75) is 44.2 Å². The molecule has 2 saturated heterocycles. The molecule has 2 aliphatic heterocycles. The van der Waals surface area contributed by atoms with Crippen LogP contribution < -0.4 is 5.32 Å². The van der Waals surface area contributed by atoms with Gasteiger partial charge in [0.1, 0.15) is 0 Å². The summed E-state index contributed by atoms with van der Waals surface area (Å²) in [7, 11) is 0. The summed E-state index contributed by atoms with van der Waals surface area (Å²) in [5, 5.41) is 3.54. The third-order valence-electron chi connectivity index (χ3n) is 2.76. The van der Waals surface area contributed by atoms with Gasteiger partial charge < -0.3 is 10.1 Å². The maximum Gasteiger partial charge on any atom is 0.0728 e. The normalized spacial score (nSPS) is 39.3. The molecular formula is C9H17NO. The predicted octanol–water partition coefficient (Wildman–Crippen LogP) is 1.31. The Morgan fingerprint density at radius 2 is 2.09 bits per heavy atom. The van der Waals surface area contributed by atoms with Gasteiger partial charge in [-0.15, -0.1) is 0 Å². The minimum Gasteiger partial charge on any atom is -0.377 e. The highest BCUT2D eigenvalue weighted by Crippen LogP contribution is 2.20. The Labute approximate surface area is 68.3 Å². The van der Waals surface area contributed by atoms with Crippen LogP contribution in [0.25, 0.3) is 0 Å². The second kappa shape index (κ2) is 3.55. The third kappa shape index (κ3) is 1.74. The number of ether oxygens (including phenoxy) is 1. The molecule has 11 heavy (non-hydrogen) atoms. The van der Waals surface area contributed by atoms with Gasteiger partial charge in [-0.05, 0) is 32.2 Å². The molecule has 0 aromatic rings. The molecule has 2 heteroatoms. The van der Waals surface area contributed by atoms with Crippen molar-refractivity contribution in [3.63, 3.8) is 0 Å². The highest BCUT2D eigenvalue weighted by Gasteiger charge is 2.26. The molecule has 0 aromatic heterocycles. The molecule has 0 amide bonds. The first-order chi connectivity index (χ1) is 5.47. The maximum absolute atomic E-state index is 5.63. The minimum atomic E-state index is 0.537. The Morgan fingerprint density at radius 1 is 1.09 bits per heavy atom. The van der Waals surface area contributed by atoms with Crippen molar-refractivity contribution in [2.24, 2.45) is 0 Å². The Bertz CT molecular complexity index is 115. The summed E-state index contributed by atoms with van der Waals surface area (Å²) in [4.78, 5) is 0. The lowest BCUT2D eigenvalue weighted by Crippen LogP contribution is -2.42. The number of piperidine rings is 1. The minimum absolute atomic E-state index is 0.537. The van der Waals surface area contributed by atoms with Gasteiger partial charge in [-0.2, -0.15) is 0 Å². The van der Waals surface area contributed by atoms with E-state index in [4.69, 9.17) is 4.74 Å². The zero-order valence-electron chi connectivity index (χ0n) is 7.01. The van der Waals surface area contributed by atoms with Crippen LogP contribution in [0.4, 0.5) is 0 Å². The summed E-state index contributed by atoms with van der Waals surface area (Å²) in [6, 6.07) is 0.672. The Hall–Kier alpha value is -0.0800. The van der Waals surface area contributed by atoms with E-state index < -0.39 is 0 Å². The molecule has 0 aromatic carbocycles. The molecule has 64 valence electrons. The summed E-state index contributed by atoms with van der Waals surface area (Å²) in [6.07, 6.45) is 7.14. The van der Waals surface area contributed by atoms with E-state index in [1.165, 1.54) is 38.6 Å². The van der Waals surface area contributed by atoms with Gasteiger partial charge in [0.15, 0.2) is 0 Å². The SMILES string of the molecule is C1CC[C@H]([C@@H]2CCCO2)NC1. The van der Waals surface area contributed by atoms with E-state index in [9.17, 15) is 0 Å². The van der Waals surface area contributed by atoms with E-state index in [0.717, 1.165) is 6.61 Å². The molecule has 2 nitrogen and oxygen atoms in total. The lowest BCUT2D eigenvalue weighted by atomic mass is 9.98. The summed E-state index contributed by atoms with van der Waals surface area (Å²) >= 11 is 0. The molecule has 2 fully saturated rings. The molecule has 2 rings (SSSR count). The fourth-order valence-corrected chi connectivity index (χ4v) is 2.12. The molecule has 0 aliphatic carbocycles. The van der Waals surface area contributed by atoms with Crippen LogP contribution in [0.3, 0.4) is 0 Å². The average Bonchev–Trinajstić information content (AvgIpc) is 2.58. The fraction of sp³-hybridized carbons (Fsp3) is 1.00. The van der Waals surface area contributed by atoms with Gasteiger partial charge >= 0.3 is 0 Å². The number of hydrogen-bond donors (Lipinski definition) is 1. The predicted molar refractivity (Wildman–Crippen MR) is 44.6 cm³/mol. The van der Waals surface area contributed by atoms with Crippen molar-refractivity contribution in [3.05, 3.63) is 0 Å². The second-order valence-electron chi connectivity index (χ2n) is 3.61. The molecule has 0 bridgehead atoms. The molecule has 0 radical (unpaired) electrons. The van der Waals surface area contributed by atoms with E-state index in [-0.39, 0.29) is 0 Å². The van der Waals surface area contributed by atoms with Gasteiger partial charge in [-0.3, -0.25) is 0 Å². The zero-order chi connectivity index (χ0) is 7.52. The molecule has 0 spiro atoms. The lowest BCUT2D eigenvalue weighted by Gasteiger charge is -2.27. The molecule has 1 N–H and O–H groups in total. The Kier molecular flexibility index (Phi) is 2.44. The van der Waals surface area contributed by atoms with E-state index in [2.05, 4.69) is 5.32 Å². The van der Waals surface area contributed by atoms with Crippen LogP contribution in [0, 0.1) is 0 Å². The van der Waals surface area contributed by atoms with Gasteiger partial charge in [-0.25, -0.2) is 0 Å². The van der Waals surface area contributed by atoms with Crippen LogP contribution in [0.2, 0.25) is 0 Å². The fourth-order valence-electron chi connectivity index (χ4n) is 2.12. The van der Waals surface area contributed by atoms with E-state index >= 15 is 0 Å². The van der Waals surface area contributed by atoms with Crippen molar-refractivity contribution in [1.82, 2.24) is 5.32 Å².